The van der Waals surface area contributed by atoms with E-state index in [1.807, 2.05) is 18.2 Å². The van der Waals surface area contributed by atoms with Gasteiger partial charge in [0.2, 0.25) is 0 Å². The van der Waals surface area contributed by atoms with Crippen LogP contribution in [0, 0.1) is 0 Å². The summed E-state index contributed by atoms with van der Waals surface area (Å²) in [7, 11) is -3.89. The number of benzene rings is 3. The van der Waals surface area contributed by atoms with Gasteiger partial charge in [0.05, 0.1) is 24.2 Å². The molecule has 34 heavy (non-hydrogen) atoms. The fourth-order valence-electron chi connectivity index (χ4n) is 3.98. The molecule has 9 heteroatoms. The van der Waals surface area contributed by atoms with E-state index in [1.54, 1.807) is 42.1 Å². The minimum atomic E-state index is -3.89. The first-order valence-corrected chi connectivity index (χ1v) is 13.5. The summed E-state index contributed by atoms with van der Waals surface area (Å²) < 4.78 is 39.7. The lowest BCUT2D eigenvalue weighted by Gasteiger charge is -2.26. The molecule has 2 aliphatic rings. The first-order chi connectivity index (χ1) is 16.5. The summed E-state index contributed by atoms with van der Waals surface area (Å²) in [5.41, 5.74) is 1.80. The third kappa shape index (κ3) is 4.85. The summed E-state index contributed by atoms with van der Waals surface area (Å²) in [6.07, 6.45) is 1.57. The molecule has 7 nitrogen and oxygen atoms in total. The van der Waals surface area contributed by atoms with Gasteiger partial charge in [-0.3, -0.25) is 9.52 Å². The Balaban J connectivity index is 1.32. The number of rotatable bonds is 5. The van der Waals surface area contributed by atoms with Crippen LogP contribution in [0.25, 0.3) is 0 Å². The molecule has 1 amide bonds. The Hall–Kier alpha value is -3.17. The van der Waals surface area contributed by atoms with Crippen molar-refractivity contribution in [2.45, 2.75) is 28.7 Å². The van der Waals surface area contributed by atoms with Gasteiger partial charge >= 0.3 is 0 Å². The molecule has 0 aliphatic carbocycles. The standard InChI is InChI=1S/C25H24N2O5S2/c28-25(26-21-11-14-33-24-8-2-1-7-20(21)24)17-5-3-6-18(15-17)27-34(29,30)19-9-10-22-23(16-19)32-13-4-12-31-22/h1-3,5-10,15-16,21,27H,4,11-14H2,(H,26,28)/t21-/m1/s1. The fraction of sp³-hybridized carbons (Fsp3) is 0.240. The molecule has 1 atom stereocenters. The molecule has 0 bridgehead atoms. The van der Waals surface area contributed by atoms with E-state index < -0.39 is 10.0 Å². The van der Waals surface area contributed by atoms with Crippen LogP contribution in [0.2, 0.25) is 0 Å². The molecular weight excluding hydrogens is 472 g/mol. The van der Waals surface area contributed by atoms with Crippen molar-refractivity contribution in [2.75, 3.05) is 23.7 Å². The van der Waals surface area contributed by atoms with Gasteiger partial charge in [-0.25, -0.2) is 8.42 Å². The van der Waals surface area contributed by atoms with E-state index in [1.165, 1.54) is 17.0 Å². The van der Waals surface area contributed by atoms with E-state index in [9.17, 15) is 13.2 Å². The van der Waals surface area contributed by atoms with Crippen molar-refractivity contribution in [3.05, 3.63) is 77.9 Å². The Kier molecular flexibility index (Phi) is 6.38. The molecule has 2 aliphatic heterocycles. The molecule has 0 spiro atoms. The molecule has 5 rings (SSSR count). The summed E-state index contributed by atoms with van der Waals surface area (Å²) in [6.45, 7) is 0.989. The highest BCUT2D eigenvalue weighted by atomic mass is 32.2. The first kappa shape index (κ1) is 22.6. The molecule has 176 valence electrons. The maximum atomic E-state index is 13.0. The highest BCUT2D eigenvalue weighted by Crippen LogP contribution is 2.36. The largest absolute Gasteiger partial charge is 0.490 e. The number of hydrogen-bond acceptors (Lipinski definition) is 6. The van der Waals surface area contributed by atoms with Gasteiger partial charge in [0.15, 0.2) is 11.5 Å². The summed E-state index contributed by atoms with van der Waals surface area (Å²) in [5.74, 6) is 1.61. The second kappa shape index (κ2) is 9.60. The number of carbonyl (C=O) groups excluding carboxylic acids is 1. The zero-order chi connectivity index (χ0) is 23.5. The third-order valence-corrected chi connectivity index (χ3v) is 8.17. The SMILES string of the molecule is O=C(N[C@@H]1CCSc2ccccc21)c1cccc(NS(=O)(=O)c2ccc3c(c2)OCCCO3)c1. The zero-order valence-electron chi connectivity index (χ0n) is 18.3. The molecule has 0 radical (unpaired) electrons. The predicted octanol–water partition coefficient (Wildman–Crippen LogP) is 4.62. The lowest BCUT2D eigenvalue weighted by molar-refractivity contribution is 0.0935. The maximum absolute atomic E-state index is 13.0. The van der Waals surface area contributed by atoms with Gasteiger partial charge in [-0.15, -0.1) is 11.8 Å². The van der Waals surface area contributed by atoms with Crippen molar-refractivity contribution in [2.24, 2.45) is 0 Å². The van der Waals surface area contributed by atoms with Gasteiger partial charge in [0, 0.05) is 34.4 Å². The van der Waals surface area contributed by atoms with Crippen molar-refractivity contribution < 1.29 is 22.7 Å². The molecule has 0 saturated heterocycles. The van der Waals surface area contributed by atoms with E-state index in [2.05, 4.69) is 16.1 Å². The van der Waals surface area contributed by atoms with Gasteiger partial charge in [0.25, 0.3) is 15.9 Å². The Morgan fingerprint density at radius 2 is 1.76 bits per heavy atom. The normalized spacial score (nSPS) is 17.2. The summed E-state index contributed by atoms with van der Waals surface area (Å²) in [5, 5.41) is 3.09. The topological polar surface area (TPSA) is 93.7 Å². The predicted molar refractivity (Wildman–Crippen MR) is 131 cm³/mol. The van der Waals surface area contributed by atoms with Crippen LogP contribution < -0.4 is 19.5 Å². The van der Waals surface area contributed by atoms with Crippen molar-refractivity contribution in [1.29, 1.82) is 0 Å². The van der Waals surface area contributed by atoms with Gasteiger partial charge in [-0.1, -0.05) is 24.3 Å². The van der Waals surface area contributed by atoms with E-state index in [4.69, 9.17) is 9.47 Å². The molecular formula is C25H24N2O5S2. The summed E-state index contributed by atoms with van der Waals surface area (Å²) >= 11 is 1.79. The average molecular weight is 497 g/mol. The van der Waals surface area contributed by atoms with E-state index in [0.717, 1.165) is 24.2 Å². The van der Waals surface area contributed by atoms with Crippen molar-refractivity contribution in [1.82, 2.24) is 5.32 Å². The Labute approximate surface area is 202 Å². The molecule has 0 fully saturated rings. The summed E-state index contributed by atoms with van der Waals surface area (Å²) in [6, 6.07) is 19.0. The van der Waals surface area contributed by atoms with Crippen LogP contribution in [0.5, 0.6) is 11.5 Å². The van der Waals surface area contributed by atoms with Crippen molar-refractivity contribution in [3.8, 4) is 11.5 Å². The van der Waals surface area contributed by atoms with Crippen LogP contribution >= 0.6 is 11.8 Å². The van der Waals surface area contributed by atoms with E-state index in [0.29, 0.717) is 36.0 Å². The molecule has 3 aromatic rings. The van der Waals surface area contributed by atoms with Gasteiger partial charge < -0.3 is 14.8 Å². The van der Waals surface area contributed by atoms with Crippen LogP contribution in [-0.2, 0) is 10.0 Å². The molecule has 0 saturated carbocycles. The first-order valence-electron chi connectivity index (χ1n) is 11.0. The maximum Gasteiger partial charge on any atom is 0.262 e. The number of fused-ring (bicyclic) bond motifs is 2. The lowest BCUT2D eigenvalue weighted by atomic mass is 10.0. The number of carbonyl (C=O) groups is 1. The van der Waals surface area contributed by atoms with Crippen LogP contribution in [0.4, 0.5) is 5.69 Å². The fourth-order valence-corrected chi connectivity index (χ4v) is 6.17. The van der Waals surface area contributed by atoms with Crippen LogP contribution in [0.3, 0.4) is 0 Å². The smallest absolute Gasteiger partial charge is 0.262 e. The Morgan fingerprint density at radius 1 is 0.941 bits per heavy atom. The minimum Gasteiger partial charge on any atom is -0.490 e. The summed E-state index contributed by atoms with van der Waals surface area (Å²) in [4.78, 5) is 14.2. The number of nitrogens with one attached hydrogen (secondary N) is 2. The zero-order valence-corrected chi connectivity index (χ0v) is 20.0. The molecule has 0 unspecified atom stereocenters. The number of amides is 1. The molecule has 3 aromatic carbocycles. The van der Waals surface area contributed by atoms with E-state index in [-0.39, 0.29) is 16.8 Å². The quantitative estimate of drug-likeness (QED) is 0.536. The lowest BCUT2D eigenvalue weighted by Crippen LogP contribution is -2.30. The highest BCUT2D eigenvalue weighted by molar-refractivity contribution is 7.99. The van der Waals surface area contributed by atoms with Gasteiger partial charge in [-0.05, 0) is 48.4 Å². The van der Waals surface area contributed by atoms with Crippen molar-refractivity contribution in [3.63, 3.8) is 0 Å². The second-order valence-corrected chi connectivity index (χ2v) is 10.9. The van der Waals surface area contributed by atoms with Crippen molar-refractivity contribution >= 4 is 33.4 Å². The number of anilines is 1. The van der Waals surface area contributed by atoms with Crippen LogP contribution in [0.1, 0.15) is 34.8 Å². The number of ether oxygens (including phenoxy) is 2. The van der Waals surface area contributed by atoms with Crippen LogP contribution in [0.15, 0.2) is 76.5 Å². The second-order valence-electron chi connectivity index (χ2n) is 8.05. The average Bonchev–Trinajstić information content (AvgIpc) is 3.09. The molecule has 2 N–H and O–H groups in total. The molecule has 0 aromatic heterocycles. The van der Waals surface area contributed by atoms with Gasteiger partial charge in [-0.2, -0.15) is 0 Å². The number of sulfonamides is 1. The number of hydrogen-bond donors (Lipinski definition) is 2. The van der Waals surface area contributed by atoms with Gasteiger partial charge in [0.1, 0.15) is 0 Å². The van der Waals surface area contributed by atoms with E-state index >= 15 is 0 Å². The monoisotopic (exact) mass is 496 g/mol. The minimum absolute atomic E-state index is 0.0583. The Bertz CT molecular complexity index is 1330. The van der Waals surface area contributed by atoms with Crippen LogP contribution in [-0.4, -0.2) is 33.3 Å². The number of thioether (sulfide) groups is 1. The third-order valence-electron chi connectivity index (χ3n) is 5.67. The molecule has 2 heterocycles. The Morgan fingerprint density at radius 3 is 2.65 bits per heavy atom. The highest BCUT2D eigenvalue weighted by Gasteiger charge is 2.23.